The van der Waals surface area contributed by atoms with Gasteiger partial charge in [0.05, 0.1) is 25.4 Å². The number of nitrogens with one attached hydrogen (secondary N) is 1. The summed E-state index contributed by atoms with van der Waals surface area (Å²) in [7, 11) is -11.1. The molecule has 13 nitrogen and oxygen atoms in total. The van der Waals surface area contributed by atoms with Crippen molar-refractivity contribution in [3.05, 3.63) is 0 Å². The van der Waals surface area contributed by atoms with Gasteiger partial charge >= 0.3 is 0 Å². The van der Waals surface area contributed by atoms with E-state index in [0.717, 1.165) is 13.2 Å². The van der Waals surface area contributed by atoms with Crippen molar-refractivity contribution in [3.8, 4) is 0 Å². The summed E-state index contributed by atoms with van der Waals surface area (Å²) in [6, 6.07) is -1.31. The molecule has 1 saturated heterocycles. The van der Waals surface area contributed by atoms with Crippen LogP contribution >= 0.6 is 0 Å². The minimum atomic E-state index is -4.19. The van der Waals surface area contributed by atoms with Gasteiger partial charge in [-0.05, 0) is 0 Å². The number of amides is 1. The van der Waals surface area contributed by atoms with Crippen molar-refractivity contribution in [2.24, 2.45) is 0 Å². The SMILES string of the molecule is CO[C@H]1O[C@H](COS(C)(=O)=O)[C@@H](OS(C)(=O)=O)[C@H](OS(C)(=O)=O)[C@@H]1NC(C)=O. The molecule has 0 aromatic carbocycles. The maximum absolute atomic E-state index is 11.7. The molecule has 1 heterocycles. The van der Waals surface area contributed by atoms with E-state index in [1.54, 1.807) is 0 Å². The maximum Gasteiger partial charge on any atom is 0.264 e. The van der Waals surface area contributed by atoms with Crippen molar-refractivity contribution in [1.29, 1.82) is 0 Å². The van der Waals surface area contributed by atoms with E-state index in [2.05, 4.69) is 9.50 Å². The lowest BCUT2D eigenvalue weighted by atomic mass is 9.97. The molecule has 1 rings (SSSR count). The number of methoxy groups -OCH3 is 1. The van der Waals surface area contributed by atoms with E-state index in [4.69, 9.17) is 17.8 Å². The summed E-state index contributed by atoms with van der Waals surface area (Å²) < 4.78 is 94.3. The predicted molar refractivity (Wildman–Crippen MR) is 93.5 cm³/mol. The van der Waals surface area contributed by atoms with Crippen LogP contribution in [0.15, 0.2) is 0 Å². The normalized spacial score (nSPS) is 29.4. The van der Waals surface area contributed by atoms with E-state index in [1.165, 1.54) is 7.11 Å². The second-order valence-corrected chi connectivity index (χ2v) is 10.9. The summed E-state index contributed by atoms with van der Waals surface area (Å²) in [6.45, 7) is 0.394. The van der Waals surface area contributed by atoms with Crippen molar-refractivity contribution in [1.82, 2.24) is 5.32 Å². The topological polar surface area (TPSA) is 178 Å². The highest BCUT2D eigenvalue weighted by Crippen LogP contribution is 2.29. The van der Waals surface area contributed by atoms with E-state index in [9.17, 15) is 30.0 Å². The standard InChI is InChI=1S/C12H23NO12S3/c1-7(14)13-9-11(25-28(5,19)20)10(24-27(4,17)18)8(23-12(9)21-2)6-22-26(3,15)16/h8-12H,6H2,1-5H3,(H,13,14)/t8-,9+,10-,11-,12+/m1/s1. The fraction of sp³-hybridized carbons (Fsp3) is 0.917. The Hall–Kier alpha value is -0.880. The van der Waals surface area contributed by atoms with Gasteiger partial charge in [0.1, 0.15) is 24.4 Å². The van der Waals surface area contributed by atoms with Crippen molar-refractivity contribution in [2.45, 2.75) is 37.6 Å². The molecular formula is C12H23NO12S3. The van der Waals surface area contributed by atoms with Crippen LogP contribution in [0.2, 0.25) is 0 Å². The van der Waals surface area contributed by atoms with E-state index in [0.29, 0.717) is 12.5 Å². The third kappa shape index (κ3) is 8.64. The highest BCUT2D eigenvalue weighted by atomic mass is 32.2. The number of carbonyl (C=O) groups is 1. The third-order valence-corrected chi connectivity index (χ3v) is 4.97. The quantitative estimate of drug-likeness (QED) is 0.352. The number of hydrogen-bond donors (Lipinski definition) is 1. The lowest BCUT2D eigenvalue weighted by Gasteiger charge is -2.44. The van der Waals surface area contributed by atoms with Crippen LogP contribution in [0.5, 0.6) is 0 Å². The first-order chi connectivity index (χ1) is 12.5. The fourth-order valence-corrected chi connectivity index (χ4v) is 4.10. The van der Waals surface area contributed by atoms with Gasteiger partial charge in [0.25, 0.3) is 30.4 Å². The first kappa shape index (κ1) is 25.2. The Morgan fingerprint density at radius 1 is 0.929 bits per heavy atom. The van der Waals surface area contributed by atoms with Gasteiger partial charge in [-0.3, -0.25) is 17.3 Å². The summed E-state index contributed by atoms with van der Waals surface area (Å²) in [5.41, 5.74) is 0. The third-order valence-electron chi connectivity index (χ3n) is 3.27. The van der Waals surface area contributed by atoms with Gasteiger partial charge in [-0.1, -0.05) is 0 Å². The molecule has 28 heavy (non-hydrogen) atoms. The molecule has 0 saturated carbocycles. The molecule has 0 radical (unpaired) electrons. The molecule has 0 spiro atoms. The first-order valence-electron chi connectivity index (χ1n) is 7.58. The molecule has 166 valence electrons. The zero-order valence-corrected chi connectivity index (χ0v) is 18.2. The Labute approximate surface area is 164 Å². The smallest absolute Gasteiger partial charge is 0.264 e. The van der Waals surface area contributed by atoms with E-state index < -0.39 is 73.5 Å². The van der Waals surface area contributed by atoms with Gasteiger partial charge in [-0.15, -0.1) is 0 Å². The fourth-order valence-electron chi connectivity index (χ4n) is 2.45. The second-order valence-electron chi connectivity index (χ2n) is 6.02. The molecule has 1 N–H and O–H groups in total. The summed E-state index contributed by atoms with van der Waals surface area (Å²) in [4.78, 5) is 11.5. The van der Waals surface area contributed by atoms with Gasteiger partial charge < -0.3 is 14.8 Å². The van der Waals surface area contributed by atoms with Crippen LogP contribution in [0, 0.1) is 0 Å². The summed E-state index contributed by atoms with van der Waals surface area (Å²) in [6.07, 6.45) is -3.95. The molecule has 5 atom stereocenters. The Kier molecular flexibility index (Phi) is 8.35. The van der Waals surface area contributed by atoms with Crippen molar-refractivity contribution in [2.75, 3.05) is 32.5 Å². The zero-order chi connectivity index (χ0) is 21.9. The summed E-state index contributed by atoms with van der Waals surface area (Å²) in [5, 5.41) is 2.35. The molecule has 1 amide bonds. The first-order valence-corrected chi connectivity index (χ1v) is 13.0. The van der Waals surface area contributed by atoms with E-state index in [-0.39, 0.29) is 0 Å². The molecule has 1 fully saturated rings. The molecule has 16 heteroatoms. The highest BCUT2D eigenvalue weighted by molar-refractivity contribution is 7.86. The molecule has 0 unspecified atom stereocenters. The molecule has 0 bridgehead atoms. The van der Waals surface area contributed by atoms with Crippen LogP contribution in [0.3, 0.4) is 0 Å². The van der Waals surface area contributed by atoms with Gasteiger partial charge in [0, 0.05) is 14.0 Å². The van der Waals surface area contributed by atoms with Crippen LogP contribution in [0.1, 0.15) is 6.92 Å². The van der Waals surface area contributed by atoms with Gasteiger partial charge in [-0.25, -0.2) is 0 Å². The Bertz CT molecular complexity index is 866. The lowest BCUT2D eigenvalue weighted by molar-refractivity contribution is -0.250. The summed E-state index contributed by atoms with van der Waals surface area (Å²) >= 11 is 0. The van der Waals surface area contributed by atoms with Gasteiger partial charge in [0.2, 0.25) is 5.91 Å². The molecule has 1 aliphatic heterocycles. The van der Waals surface area contributed by atoms with Gasteiger partial charge in [0.15, 0.2) is 6.29 Å². The predicted octanol–water partition coefficient (Wildman–Crippen LogP) is -2.47. The largest absolute Gasteiger partial charge is 0.354 e. The van der Waals surface area contributed by atoms with E-state index in [1.807, 2.05) is 0 Å². The average molecular weight is 470 g/mol. The zero-order valence-electron chi connectivity index (χ0n) is 15.7. The number of carbonyl (C=O) groups excluding carboxylic acids is 1. The highest BCUT2D eigenvalue weighted by Gasteiger charge is 2.51. The van der Waals surface area contributed by atoms with Gasteiger partial charge in [-0.2, -0.15) is 25.3 Å². The average Bonchev–Trinajstić information content (AvgIpc) is 2.45. The monoisotopic (exact) mass is 469 g/mol. The van der Waals surface area contributed by atoms with Crippen LogP contribution in [0.4, 0.5) is 0 Å². The van der Waals surface area contributed by atoms with Crippen LogP contribution in [-0.4, -0.2) is 94.3 Å². The number of hydrogen-bond acceptors (Lipinski definition) is 12. The Balaban J connectivity index is 3.41. The van der Waals surface area contributed by atoms with Crippen LogP contribution < -0.4 is 5.32 Å². The number of ether oxygens (including phenoxy) is 2. The maximum atomic E-state index is 11.7. The minimum absolute atomic E-state index is 0.623. The number of rotatable bonds is 9. The van der Waals surface area contributed by atoms with E-state index >= 15 is 0 Å². The molecular weight excluding hydrogens is 446 g/mol. The molecule has 0 aromatic heterocycles. The Morgan fingerprint density at radius 3 is 1.82 bits per heavy atom. The Morgan fingerprint density at radius 2 is 1.43 bits per heavy atom. The molecule has 0 aromatic rings. The molecule has 0 aliphatic carbocycles. The van der Waals surface area contributed by atoms with Crippen molar-refractivity contribution >= 4 is 36.3 Å². The second kappa shape index (κ2) is 9.29. The lowest BCUT2D eigenvalue weighted by Crippen LogP contribution is -2.66. The van der Waals surface area contributed by atoms with Crippen LogP contribution in [-0.2, 0) is 57.2 Å². The van der Waals surface area contributed by atoms with Crippen LogP contribution in [0.25, 0.3) is 0 Å². The van der Waals surface area contributed by atoms with Crippen molar-refractivity contribution in [3.63, 3.8) is 0 Å². The minimum Gasteiger partial charge on any atom is -0.354 e. The summed E-state index contributed by atoms with van der Waals surface area (Å²) in [5.74, 6) is -0.623. The van der Waals surface area contributed by atoms with Crippen molar-refractivity contribution < 1.29 is 52.1 Å². The molecule has 1 aliphatic rings.